The number of benzene rings is 2. The van der Waals surface area contributed by atoms with Gasteiger partial charge in [0, 0.05) is 6.54 Å². The third-order valence-electron chi connectivity index (χ3n) is 4.21. The van der Waals surface area contributed by atoms with E-state index in [0.717, 1.165) is 29.4 Å². The monoisotopic (exact) mass is 374 g/mol. The molecule has 0 aliphatic rings. The van der Waals surface area contributed by atoms with Crippen molar-refractivity contribution in [3.63, 3.8) is 0 Å². The molecule has 6 heteroatoms. The maximum absolute atomic E-state index is 12.5. The molecule has 0 saturated carbocycles. The van der Waals surface area contributed by atoms with Crippen molar-refractivity contribution in [3.8, 4) is 0 Å². The SMILES string of the molecule is CC[C@@H](NC(=O)CN(Cc1ccccc1)S(C)(=O)=O)c1ccc(C)cc1. The lowest BCUT2D eigenvalue weighted by atomic mass is 10.0. The smallest absolute Gasteiger partial charge is 0.235 e. The highest BCUT2D eigenvalue weighted by Crippen LogP contribution is 2.17. The van der Waals surface area contributed by atoms with Crippen LogP contribution in [0.1, 0.15) is 36.1 Å². The third kappa shape index (κ3) is 5.97. The van der Waals surface area contributed by atoms with Gasteiger partial charge in [-0.25, -0.2) is 8.42 Å². The van der Waals surface area contributed by atoms with Crippen molar-refractivity contribution in [1.82, 2.24) is 9.62 Å². The first kappa shape index (κ1) is 20.1. The Bertz CT molecular complexity index is 818. The number of hydrogen-bond acceptors (Lipinski definition) is 3. The molecule has 140 valence electrons. The molecule has 0 saturated heterocycles. The van der Waals surface area contributed by atoms with E-state index in [2.05, 4.69) is 5.32 Å². The molecule has 1 amide bonds. The number of aryl methyl sites for hydroxylation is 1. The van der Waals surface area contributed by atoms with Crippen LogP contribution >= 0.6 is 0 Å². The topological polar surface area (TPSA) is 66.5 Å². The quantitative estimate of drug-likeness (QED) is 0.772. The van der Waals surface area contributed by atoms with Crippen LogP contribution in [0.25, 0.3) is 0 Å². The van der Waals surface area contributed by atoms with E-state index in [1.807, 2.05) is 68.4 Å². The van der Waals surface area contributed by atoms with Crippen LogP contribution in [0.4, 0.5) is 0 Å². The van der Waals surface area contributed by atoms with E-state index < -0.39 is 10.0 Å². The Morgan fingerprint density at radius 2 is 1.69 bits per heavy atom. The minimum atomic E-state index is -3.50. The molecule has 2 rings (SSSR count). The zero-order valence-electron chi connectivity index (χ0n) is 15.5. The molecule has 26 heavy (non-hydrogen) atoms. The Balaban J connectivity index is 2.07. The van der Waals surface area contributed by atoms with Crippen LogP contribution in [0.3, 0.4) is 0 Å². The van der Waals surface area contributed by atoms with Crippen molar-refractivity contribution in [2.75, 3.05) is 12.8 Å². The summed E-state index contributed by atoms with van der Waals surface area (Å²) in [5.74, 6) is -0.307. The van der Waals surface area contributed by atoms with Crippen molar-refractivity contribution >= 4 is 15.9 Å². The fraction of sp³-hybridized carbons (Fsp3) is 0.350. The van der Waals surface area contributed by atoms with Gasteiger partial charge in [-0.05, 0) is 24.5 Å². The Morgan fingerprint density at radius 3 is 2.23 bits per heavy atom. The fourth-order valence-electron chi connectivity index (χ4n) is 2.70. The maximum atomic E-state index is 12.5. The summed E-state index contributed by atoms with van der Waals surface area (Å²) in [6.07, 6.45) is 1.85. The van der Waals surface area contributed by atoms with Gasteiger partial charge < -0.3 is 5.32 Å². The minimum Gasteiger partial charge on any atom is -0.348 e. The highest BCUT2D eigenvalue weighted by Gasteiger charge is 2.22. The molecule has 0 spiro atoms. The highest BCUT2D eigenvalue weighted by atomic mass is 32.2. The normalized spacial score (nSPS) is 12.8. The van der Waals surface area contributed by atoms with Crippen LogP contribution in [0, 0.1) is 6.92 Å². The number of hydrogen-bond donors (Lipinski definition) is 1. The molecular weight excluding hydrogens is 348 g/mol. The standard InChI is InChI=1S/C20H26N2O3S/c1-4-19(18-12-10-16(2)11-13-18)21-20(23)15-22(26(3,24)25)14-17-8-6-5-7-9-17/h5-13,19H,4,14-15H2,1-3H3,(H,21,23)/t19-/m1/s1. The van der Waals surface area contributed by atoms with Crippen LogP contribution in [0.5, 0.6) is 0 Å². The van der Waals surface area contributed by atoms with Crippen molar-refractivity contribution in [2.24, 2.45) is 0 Å². The summed E-state index contributed by atoms with van der Waals surface area (Å²) in [5.41, 5.74) is 3.01. The second-order valence-electron chi connectivity index (χ2n) is 6.46. The summed E-state index contributed by atoms with van der Waals surface area (Å²) in [7, 11) is -3.50. The molecule has 2 aromatic rings. The van der Waals surface area contributed by atoms with Crippen LogP contribution < -0.4 is 5.32 Å². The number of amides is 1. The average Bonchev–Trinajstić information content (AvgIpc) is 2.60. The number of nitrogens with zero attached hydrogens (tertiary/aromatic N) is 1. The highest BCUT2D eigenvalue weighted by molar-refractivity contribution is 7.88. The van der Waals surface area contributed by atoms with Gasteiger partial charge in [0.15, 0.2) is 0 Å². The zero-order valence-corrected chi connectivity index (χ0v) is 16.3. The fourth-order valence-corrected chi connectivity index (χ4v) is 3.43. The van der Waals surface area contributed by atoms with Crippen LogP contribution in [0.2, 0.25) is 0 Å². The molecule has 0 aromatic heterocycles. The number of carbonyl (C=O) groups excluding carboxylic acids is 1. The van der Waals surface area contributed by atoms with Gasteiger partial charge in [-0.1, -0.05) is 67.1 Å². The van der Waals surface area contributed by atoms with E-state index in [-0.39, 0.29) is 25.0 Å². The molecule has 2 aromatic carbocycles. The van der Waals surface area contributed by atoms with Crippen LogP contribution in [-0.4, -0.2) is 31.4 Å². The van der Waals surface area contributed by atoms with Gasteiger partial charge in [0.1, 0.15) is 0 Å². The molecule has 0 fully saturated rings. The van der Waals surface area contributed by atoms with Crippen molar-refractivity contribution in [3.05, 3.63) is 71.3 Å². The molecule has 0 bridgehead atoms. The molecule has 0 aliphatic heterocycles. The third-order valence-corrected chi connectivity index (χ3v) is 5.41. The molecular formula is C20H26N2O3S. The summed E-state index contributed by atoms with van der Waals surface area (Å²) in [4.78, 5) is 12.5. The van der Waals surface area contributed by atoms with E-state index >= 15 is 0 Å². The first-order valence-corrected chi connectivity index (χ1v) is 10.5. The summed E-state index contributed by atoms with van der Waals surface area (Å²) in [5, 5.41) is 2.95. The van der Waals surface area contributed by atoms with Crippen molar-refractivity contribution in [2.45, 2.75) is 32.9 Å². The Hall–Kier alpha value is -2.18. The minimum absolute atomic E-state index is 0.138. The zero-order chi connectivity index (χ0) is 19.2. The molecule has 5 nitrogen and oxygen atoms in total. The molecule has 1 N–H and O–H groups in total. The van der Waals surface area contributed by atoms with Crippen LogP contribution in [-0.2, 0) is 21.4 Å². The van der Waals surface area contributed by atoms with Gasteiger partial charge >= 0.3 is 0 Å². The van der Waals surface area contributed by atoms with Gasteiger partial charge in [-0.2, -0.15) is 4.31 Å². The Kier molecular flexibility index (Phi) is 6.94. The van der Waals surface area contributed by atoms with Crippen molar-refractivity contribution in [1.29, 1.82) is 0 Å². The molecule has 1 atom stereocenters. The number of carbonyl (C=O) groups is 1. The van der Waals surface area contributed by atoms with E-state index in [0.29, 0.717) is 0 Å². The van der Waals surface area contributed by atoms with Gasteiger partial charge in [-0.15, -0.1) is 0 Å². The average molecular weight is 375 g/mol. The summed E-state index contributed by atoms with van der Waals surface area (Å²) < 4.78 is 25.4. The maximum Gasteiger partial charge on any atom is 0.235 e. The van der Waals surface area contributed by atoms with E-state index in [9.17, 15) is 13.2 Å². The molecule has 0 aliphatic carbocycles. The summed E-state index contributed by atoms with van der Waals surface area (Å²) in [6.45, 7) is 3.98. The predicted octanol–water partition coefficient (Wildman–Crippen LogP) is 3.02. The van der Waals surface area contributed by atoms with Gasteiger partial charge in [-0.3, -0.25) is 4.79 Å². The van der Waals surface area contributed by atoms with Gasteiger partial charge in [0.25, 0.3) is 0 Å². The first-order valence-electron chi connectivity index (χ1n) is 8.64. The molecule has 0 radical (unpaired) electrons. The Morgan fingerprint density at radius 1 is 1.08 bits per heavy atom. The van der Waals surface area contributed by atoms with Crippen LogP contribution in [0.15, 0.2) is 54.6 Å². The van der Waals surface area contributed by atoms with E-state index in [4.69, 9.17) is 0 Å². The Labute approximate surface area is 156 Å². The predicted molar refractivity (Wildman–Crippen MR) is 104 cm³/mol. The first-order chi connectivity index (χ1) is 12.3. The molecule has 0 heterocycles. The molecule has 0 unspecified atom stereocenters. The number of sulfonamides is 1. The lowest BCUT2D eigenvalue weighted by Gasteiger charge is -2.22. The second kappa shape index (κ2) is 8.96. The van der Waals surface area contributed by atoms with E-state index in [1.54, 1.807) is 0 Å². The van der Waals surface area contributed by atoms with Gasteiger partial charge in [0.05, 0.1) is 18.8 Å². The lowest BCUT2D eigenvalue weighted by molar-refractivity contribution is -0.122. The summed E-state index contributed by atoms with van der Waals surface area (Å²) in [6, 6.07) is 17.1. The number of rotatable bonds is 8. The largest absolute Gasteiger partial charge is 0.348 e. The summed E-state index contributed by atoms with van der Waals surface area (Å²) >= 11 is 0. The number of nitrogens with one attached hydrogen (secondary N) is 1. The van der Waals surface area contributed by atoms with Gasteiger partial charge in [0.2, 0.25) is 15.9 Å². The van der Waals surface area contributed by atoms with E-state index in [1.165, 1.54) is 4.31 Å². The lowest BCUT2D eigenvalue weighted by Crippen LogP contribution is -2.41. The van der Waals surface area contributed by atoms with Crippen molar-refractivity contribution < 1.29 is 13.2 Å². The second-order valence-corrected chi connectivity index (χ2v) is 8.44.